The molecule has 1 atom stereocenters. The van der Waals surface area contributed by atoms with E-state index in [9.17, 15) is 9.59 Å². The third-order valence-electron chi connectivity index (χ3n) is 5.29. The van der Waals surface area contributed by atoms with Crippen molar-refractivity contribution in [2.75, 3.05) is 27.3 Å². The summed E-state index contributed by atoms with van der Waals surface area (Å²) < 4.78 is 10.2. The number of likely N-dealkylation sites (tertiary alicyclic amines) is 1. The molecule has 1 aromatic carbocycles. The molecule has 3 rings (SSSR count). The van der Waals surface area contributed by atoms with E-state index in [0.717, 1.165) is 30.7 Å². The molecule has 0 saturated carbocycles. The number of hydrogen-bond acceptors (Lipinski definition) is 5. The molecule has 0 radical (unpaired) electrons. The number of esters is 1. The molecule has 1 fully saturated rings. The maximum Gasteiger partial charge on any atom is 0.339 e. The molecule has 0 bridgehead atoms. The number of carbonyl (C=O) groups is 2. The lowest BCUT2D eigenvalue weighted by molar-refractivity contribution is 0.0599. The van der Waals surface area contributed by atoms with Crippen LogP contribution in [0.3, 0.4) is 0 Å². The molecular formula is C21H26N2O4. The fourth-order valence-electron chi connectivity index (χ4n) is 3.94. The van der Waals surface area contributed by atoms with Crippen molar-refractivity contribution >= 4 is 11.8 Å². The molecule has 0 spiro atoms. The number of nitrogens with one attached hydrogen (secondary N) is 1. The zero-order valence-corrected chi connectivity index (χ0v) is 16.3. The molecule has 6 nitrogen and oxygen atoms in total. The number of ether oxygens (including phenoxy) is 2. The smallest absolute Gasteiger partial charge is 0.339 e. The Balaban J connectivity index is 1.80. The normalized spacial score (nSPS) is 17.1. The summed E-state index contributed by atoms with van der Waals surface area (Å²) in [4.78, 5) is 30.2. The van der Waals surface area contributed by atoms with E-state index in [2.05, 4.69) is 16.0 Å². The summed E-state index contributed by atoms with van der Waals surface area (Å²) in [7, 11) is 3.00. The Morgan fingerprint density at radius 1 is 1.26 bits per heavy atom. The van der Waals surface area contributed by atoms with Crippen LogP contribution in [0.5, 0.6) is 5.75 Å². The van der Waals surface area contributed by atoms with Crippen molar-refractivity contribution in [2.24, 2.45) is 0 Å². The number of ketones is 1. The van der Waals surface area contributed by atoms with Gasteiger partial charge in [-0.15, -0.1) is 0 Å². The summed E-state index contributed by atoms with van der Waals surface area (Å²) in [5, 5.41) is 0. The molecule has 0 aliphatic carbocycles. The predicted octanol–water partition coefficient (Wildman–Crippen LogP) is 3.45. The molecular weight excluding hydrogens is 344 g/mol. The molecule has 1 saturated heterocycles. The van der Waals surface area contributed by atoms with Crippen molar-refractivity contribution in [2.45, 2.75) is 32.7 Å². The second kappa shape index (κ2) is 7.96. The average molecular weight is 370 g/mol. The Morgan fingerprint density at radius 2 is 2.04 bits per heavy atom. The van der Waals surface area contributed by atoms with Crippen LogP contribution in [0.15, 0.2) is 24.3 Å². The highest BCUT2D eigenvalue weighted by molar-refractivity contribution is 6.02. The van der Waals surface area contributed by atoms with Crippen molar-refractivity contribution in [3.05, 3.63) is 52.3 Å². The van der Waals surface area contributed by atoms with Crippen LogP contribution in [0.1, 0.15) is 56.6 Å². The highest BCUT2D eigenvalue weighted by Crippen LogP contribution is 2.33. The van der Waals surface area contributed by atoms with Crippen LogP contribution in [0.4, 0.5) is 0 Å². The molecule has 2 heterocycles. The number of aromatic amines is 1. The average Bonchev–Trinajstić information content (AvgIpc) is 3.25. The number of benzene rings is 1. The lowest BCUT2D eigenvalue weighted by Crippen LogP contribution is -2.30. The Kier molecular flexibility index (Phi) is 5.65. The Bertz CT molecular complexity index is 856. The van der Waals surface area contributed by atoms with Crippen molar-refractivity contribution in [1.29, 1.82) is 0 Å². The first-order chi connectivity index (χ1) is 13.0. The van der Waals surface area contributed by atoms with E-state index in [4.69, 9.17) is 9.47 Å². The van der Waals surface area contributed by atoms with Crippen LogP contribution in [0.2, 0.25) is 0 Å². The third-order valence-corrected chi connectivity index (χ3v) is 5.29. The summed E-state index contributed by atoms with van der Waals surface area (Å²) in [6.45, 7) is 4.75. The minimum atomic E-state index is -0.421. The molecule has 144 valence electrons. The quantitative estimate of drug-likeness (QED) is 0.623. The van der Waals surface area contributed by atoms with E-state index in [-0.39, 0.29) is 11.8 Å². The minimum Gasteiger partial charge on any atom is -0.497 e. The van der Waals surface area contributed by atoms with Gasteiger partial charge in [0.15, 0.2) is 5.78 Å². The van der Waals surface area contributed by atoms with Crippen molar-refractivity contribution in [3.8, 4) is 5.75 Å². The fourth-order valence-corrected chi connectivity index (χ4v) is 3.94. The van der Waals surface area contributed by atoms with Gasteiger partial charge in [0.1, 0.15) is 5.75 Å². The number of rotatable bonds is 6. The standard InChI is InChI=1S/C21H26N2O4/c1-13-19(21(25)27-4)14(2)22-20(13)18(24)12-23-10-6-9-17(23)15-7-5-8-16(11-15)26-3/h5,7-8,11,17,22H,6,9-10,12H2,1-4H3/t17-/m1/s1. The Labute approximate surface area is 159 Å². The molecule has 0 unspecified atom stereocenters. The van der Waals surface area contributed by atoms with E-state index in [0.29, 0.717) is 29.1 Å². The van der Waals surface area contributed by atoms with Gasteiger partial charge in [-0.25, -0.2) is 4.79 Å². The van der Waals surface area contributed by atoms with E-state index in [1.807, 2.05) is 18.2 Å². The molecule has 0 amide bonds. The summed E-state index contributed by atoms with van der Waals surface area (Å²) in [5.74, 6) is 0.389. The van der Waals surface area contributed by atoms with Gasteiger partial charge >= 0.3 is 5.97 Å². The van der Waals surface area contributed by atoms with Crippen molar-refractivity contribution < 1.29 is 19.1 Å². The van der Waals surface area contributed by atoms with Crippen molar-refractivity contribution in [3.63, 3.8) is 0 Å². The Hall–Kier alpha value is -2.60. The monoisotopic (exact) mass is 370 g/mol. The number of Topliss-reactive ketones (excluding diaryl/α,β-unsaturated/α-hetero) is 1. The van der Waals surface area contributed by atoms with Crippen LogP contribution in [-0.4, -0.2) is 48.9 Å². The first-order valence-electron chi connectivity index (χ1n) is 9.15. The molecule has 1 aromatic heterocycles. The number of carbonyl (C=O) groups excluding carboxylic acids is 2. The number of nitrogens with zero attached hydrogens (tertiary/aromatic N) is 1. The van der Waals surface area contributed by atoms with Gasteiger partial charge in [-0.05, 0) is 56.5 Å². The SMILES string of the molecule is COC(=O)c1c(C)[nH]c(C(=O)CN2CCC[C@@H]2c2cccc(OC)c2)c1C. The van der Waals surface area contributed by atoms with Crippen LogP contribution >= 0.6 is 0 Å². The predicted molar refractivity (Wildman–Crippen MR) is 102 cm³/mol. The number of methoxy groups -OCH3 is 2. The summed E-state index contributed by atoms with van der Waals surface area (Å²) >= 11 is 0. The maximum absolute atomic E-state index is 12.9. The Morgan fingerprint density at radius 3 is 2.74 bits per heavy atom. The van der Waals surface area contributed by atoms with Gasteiger partial charge in [0.05, 0.1) is 32.0 Å². The highest BCUT2D eigenvalue weighted by Gasteiger charge is 2.30. The van der Waals surface area contributed by atoms with Gasteiger partial charge in [0.25, 0.3) is 0 Å². The van der Waals surface area contributed by atoms with E-state index >= 15 is 0 Å². The highest BCUT2D eigenvalue weighted by atomic mass is 16.5. The first kappa shape index (κ1) is 19.2. The molecule has 27 heavy (non-hydrogen) atoms. The van der Waals surface area contributed by atoms with E-state index in [1.54, 1.807) is 21.0 Å². The largest absolute Gasteiger partial charge is 0.497 e. The van der Waals surface area contributed by atoms with Crippen LogP contribution in [0, 0.1) is 13.8 Å². The number of H-pyrrole nitrogens is 1. The lowest BCUT2D eigenvalue weighted by Gasteiger charge is -2.24. The van der Waals surface area contributed by atoms with E-state index < -0.39 is 5.97 Å². The molecule has 1 N–H and O–H groups in total. The van der Waals surface area contributed by atoms with Gasteiger partial charge in [-0.2, -0.15) is 0 Å². The summed E-state index contributed by atoms with van der Waals surface area (Å²) in [6, 6.07) is 8.21. The zero-order valence-electron chi connectivity index (χ0n) is 16.3. The number of aromatic nitrogens is 1. The van der Waals surface area contributed by atoms with Gasteiger partial charge in [-0.3, -0.25) is 9.69 Å². The van der Waals surface area contributed by atoms with Crippen LogP contribution in [0.25, 0.3) is 0 Å². The van der Waals surface area contributed by atoms with Crippen LogP contribution in [-0.2, 0) is 4.74 Å². The zero-order chi connectivity index (χ0) is 19.6. The third kappa shape index (κ3) is 3.76. The second-order valence-electron chi connectivity index (χ2n) is 6.94. The van der Waals surface area contributed by atoms with Gasteiger partial charge in [-0.1, -0.05) is 12.1 Å². The van der Waals surface area contributed by atoms with Crippen molar-refractivity contribution in [1.82, 2.24) is 9.88 Å². The second-order valence-corrected chi connectivity index (χ2v) is 6.94. The topological polar surface area (TPSA) is 71.6 Å². The molecule has 2 aromatic rings. The molecule has 1 aliphatic rings. The molecule has 1 aliphatic heterocycles. The van der Waals surface area contributed by atoms with Gasteiger partial charge < -0.3 is 14.5 Å². The van der Waals surface area contributed by atoms with E-state index in [1.165, 1.54) is 7.11 Å². The van der Waals surface area contributed by atoms with Gasteiger partial charge in [0, 0.05) is 11.7 Å². The van der Waals surface area contributed by atoms with Gasteiger partial charge in [0.2, 0.25) is 0 Å². The first-order valence-corrected chi connectivity index (χ1v) is 9.15. The number of hydrogen-bond donors (Lipinski definition) is 1. The summed E-state index contributed by atoms with van der Waals surface area (Å²) in [6.07, 6.45) is 2.06. The number of aryl methyl sites for hydroxylation is 1. The van der Waals surface area contributed by atoms with Crippen LogP contribution < -0.4 is 4.74 Å². The minimum absolute atomic E-state index is 0.0134. The lowest BCUT2D eigenvalue weighted by atomic mass is 10.0. The molecule has 6 heteroatoms. The maximum atomic E-state index is 12.9. The fraction of sp³-hybridized carbons (Fsp3) is 0.429. The summed E-state index contributed by atoms with van der Waals surface area (Å²) in [5.41, 5.74) is 3.42.